The number of hydrogen-bond donors (Lipinski definition) is 1. The molecule has 0 spiro atoms. The van der Waals surface area contributed by atoms with E-state index < -0.39 is 0 Å². The Labute approximate surface area is 95.9 Å². The summed E-state index contributed by atoms with van der Waals surface area (Å²) in [7, 11) is 0. The van der Waals surface area contributed by atoms with Crippen LogP contribution >= 0.6 is 11.8 Å². The first-order chi connectivity index (χ1) is 7.00. The van der Waals surface area contributed by atoms with E-state index in [-0.39, 0.29) is 11.5 Å². The van der Waals surface area contributed by atoms with Crippen LogP contribution in [0.15, 0.2) is 23.1 Å². The first-order valence-electron chi connectivity index (χ1n) is 5.46. The Morgan fingerprint density at radius 2 is 2.13 bits per heavy atom. The van der Waals surface area contributed by atoms with Gasteiger partial charge in [-0.25, -0.2) is 0 Å². The second-order valence-electron chi connectivity index (χ2n) is 4.91. The van der Waals surface area contributed by atoms with E-state index in [4.69, 9.17) is 0 Å². The van der Waals surface area contributed by atoms with Gasteiger partial charge in [0, 0.05) is 4.90 Å². The molecule has 1 aliphatic heterocycles. The topological polar surface area (TPSA) is 20.2 Å². The lowest BCUT2D eigenvalue weighted by molar-refractivity contribution is 0.199. The van der Waals surface area contributed by atoms with Gasteiger partial charge in [0.15, 0.2) is 0 Å². The smallest absolute Gasteiger partial charge is 0.0762 e. The summed E-state index contributed by atoms with van der Waals surface area (Å²) in [6.45, 7) is 6.40. The highest BCUT2D eigenvalue weighted by molar-refractivity contribution is 7.99. The lowest BCUT2D eigenvalue weighted by atomic mass is 9.81. The molecule has 1 aliphatic rings. The summed E-state index contributed by atoms with van der Waals surface area (Å²) in [5.41, 5.74) is 2.69. The molecule has 2 rings (SSSR count). The number of aliphatic hydroxyl groups excluding tert-OH is 1. The van der Waals surface area contributed by atoms with E-state index in [0.717, 1.165) is 5.56 Å². The normalized spacial score (nSPS) is 20.8. The Morgan fingerprint density at radius 3 is 2.80 bits per heavy atom. The Balaban J connectivity index is 2.49. The molecule has 1 atom stereocenters. The van der Waals surface area contributed by atoms with Crippen molar-refractivity contribution in [2.75, 3.05) is 5.75 Å². The van der Waals surface area contributed by atoms with Crippen molar-refractivity contribution < 1.29 is 5.11 Å². The Bertz CT molecular complexity index is 369. The molecule has 1 unspecified atom stereocenters. The molecule has 0 fully saturated rings. The molecule has 0 radical (unpaired) electrons. The molecule has 15 heavy (non-hydrogen) atoms. The number of thioether (sulfide) groups is 1. The molecule has 0 aromatic heterocycles. The van der Waals surface area contributed by atoms with Gasteiger partial charge < -0.3 is 5.11 Å². The standard InChI is InChI=1S/C13H18OS/c1-9(14)10-4-5-12-11(8-10)13(2,3)6-7-15-12/h4-5,8-9,14H,6-7H2,1-3H3. The van der Waals surface area contributed by atoms with Gasteiger partial charge in [0.2, 0.25) is 0 Å². The van der Waals surface area contributed by atoms with Crippen molar-refractivity contribution in [1.82, 2.24) is 0 Å². The molecule has 0 amide bonds. The maximum Gasteiger partial charge on any atom is 0.0762 e. The average Bonchev–Trinajstić information content (AvgIpc) is 2.17. The van der Waals surface area contributed by atoms with Gasteiger partial charge in [-0.05, 0) is 41.7 Å². The summed E-state index contributed by atoms with van der Waals surface area (Å²) in [6.07, 6.45) is 0.853. The molecule has 0 aliphatic carbocycles. The van der Waals surface area contributed by atoms with Crippen LogP contribution in [0, 0.1) is 0 Å². The molecule has 0 bridgehead atoms. The third-order valence-electron chi connectivity index (χ3n) is 3.20. The highest BCUT2D eigenvalue weighted by Crippen LogP contribution is 2.42. The molecule has 2 heteroatoms. The average molecular weight is 222 g/mol. The Morgan fingerprint density at radius 1 is 1.40 bits per heavy atom. The van der Waals surface area contributed by atoms with Gasteiger partial charge in [0.1, 0.15) is 0 Å². The Hall–Kier alpha value is -0.470. The zero-order chi connectivity index (χ0) is 11.1. The highest BCUT2D eigenvalue weighted by Gasteiger charge is 2.28. The second-order valence-corrected chi connectivity index (χ2v) is 6.05. The molecule has 1 aromatic rings. The quantitative estimate of drug-likeness (QED) is 0.784. The van der Waals surface area contributed by atoms with E-state index in [1.807, 2.05) is 24.8 Å². The fourth-order valence-electron chi connectivity index (χ4n) is 2.01. The van der Waals surface area contributed by atoms with Gasteiger partial charge in [0.25, 0.3) is 0 Å². The van der Waals surface area contributed by atoms with Crippen molar-refractivity contribution in [2.24, 2.45) is 0 Å². The third kappa shape index (κ3) is 2.06. The van der Waals surface area contributed by atoms with Gasteiger partial charge in [-0.1, -0.05) is 26.0 Å². The minimum atomic E-state index is -0.363. The van der Waals surface area contributed by atoms with Gasteiger partial charge >= 0.3 is 0 Å². The molecule has 82 valence electrons. The Kier molecular flexibility index (Phi) is 2.82. The van der Waals surface area contributed by atoms with Crippen LogP contribution in [0.4, 0.5) is 0 Å². The lowest BCUT2D eigenvalue weighted by Gasteiger charge is -2.32. The van der Waals surface area contributed by atoms with Crippen molar-refractivity contribution in [3.05, 3.63) is 29.3 Å². The minimum absolute atomic E-state index is 0.255. The maximum atomic E-state index is 9.59. The molecular weight excluding hydrogens is 204 g/mol. The number of aliphatic hydroxyl groups is 1. The predicted octanol–water partition coefficient (Wildman–Crippen LogP) is 3.51. The van der Waals surface area contributed by atoms with E-state index in [2.05, 4.69) is 26.0 Å². The molecule has 1 heterocycles. The molecule has 0 saturated carbocycles. The predicted molar refractivity (Wildman–Crippen MR) is 65.4 cm³/mol. The van der Waals surface area contributed by atoms with Crippen LogP contribution in [0.1, 0.15) is 44.4 Å². The van der Waals surface area contributed by atoms with E-state index >= 15 is 0 Å². The van der Waals surface area contributed by atoms with Crippen LogP contribution < -0.4 is 0 Å². The van der Waals surface area contributed by atoms with E-state index in [0.29, 0.717) is 0 Å². The SMILES string of the molecule is CC(O)c1ccc2c(c1)C(C)(C)CCS2. The van der Waals surface area contributed by atoms with Crippen LogP contribution in [-0.4, -0.2) is 10.9 Å². The van der Waals surface area contributed by atoms with E-state index in [1.165, 1.54) is 22.6 Å². The first kappa shape index (κ1) is 11.0. The monoisotopic (exact) mass is 222 g/mol. The summed E-state index contributed by atoms with van der Waals surface area (Å²) >= 11 is 1.93. The number of fused-ring (bicyclic) bond motifs is 1. The number of benzene rings is 1. The number of rotatable bonds is 1. The van der Waals surface area contributed by atoms with Crippen LogP contribution in [0.5, 0.6) is 0 Å². The zero-order valence-electron chi connectivity index (χ0n) is 9.58. The third-order valence-corrected chi connectivity index (χ3v) is 4.28. The molecule has 0 saturated heterocycles. The van der Waals surface area contributed by atoms with Gasteiger partial charge in [-0.2, -0.15) is 0 Å². The van der Waals surface area contributed by atoms with Crippen molar-refractivity contribution >= 4 is 11.8 Å². The van der Waals surface area contributed by atoms with Crippen molar-refractivity contribution in [2.45, 2.75) is 43.6 Å². The fraction of sp³-hybridized carbons (Fsp3) is 0.538. The minimum Gasteiger partial charge on any atom is -0.389 e. The highest BCUT2D eigenvalue weighted by atomic mass is 32.2. The van der Waals surface area contributed by atoms with Crippen molar-refractivity contribution in [1.29, 1.82) is 0 Å². The maximum absolute atomic E-state index is 9.59. The summed E-state index contributed by atoms with van der Waals surface area (Å²) in [5.74, 6) is 1.20. The molecule has 1 nitrogen and oxygen atoms in total. The van der Waals surface area contributed by atoms with Crippen molar-refractivity contribution in [3.63, 3.8) is 0 Å². The van der Waals surface area contributed by atoms with Crippen molar-refractivity contribution in [3.8, 4) is 0 Å². The summed E-state index contributed by atoms with van der Waals surface area (Å²) < 4.78 is 0. The van der Waals surface area contributed by atoms with Gasteiger partial charge in [0.05, 0.1) is 6.10 Å². The van der Waals surface area contributed by atoms with Crippen LogP contribution in [-0.2, 0) is 5.41 Å². The largest absolute Gasteiger partial charge is 0.389 e. The molecule has 1 aromatic carbocycles. The van der Waals surface area contributed by atoms with Crippen LogP contribution in [0.3, 0.4) is 0 Å². The van der Waals surface area contributed by atoms with Gasteiger partial charge in [-0.15, -0.1) is 11.8 Å². The van der Waals surface area contributed by atoms with E-state index in [1.54, 1.807) is 0 Å². The van der Waals surface area contributed by atoms with Gasteiger partial charge in [-0.3, -0.25) is 0 Å². The first-order valence-corrected chi connectivity index (χ1v) is 6.44. The summed E-state index contributed by atoms with van der Waals surface area (Å²) in [6, 6.07) is 6.37. The van der Waals surface area contributed by atoms with Crippen LogP contribution in [0.25, 0.3) is 0 Å². The lowest BCUT2D eigenvalue weighted by Crippen LogP contribution is -2.23. The fourth-order valence-corrected chi connectivity index (χ4v) is 3.50. The zero-order valence-corrected chi connectivity index (χ0v) is 10.4. The summed E-state index contributed by atoms with van der Waals surface area (Å²) in [5, 5.41) is 9.59. The molecular formula is C13H18OS. The summed E-state index contributed by atoms with van der Waals surface area (Å²) in [4.78, 5) is 1.38. The number of hydrogen-bond acceptors (Lipinski definition) is 2. The van der Waals surface area contributed by atoms with E-state index in [9.17, 15) is 5.11 Å². The second kappa shape index (κ2) is 3.84. The van der Waals surface area contributed by atoms with Crippen LogP contribution in [0.2, 0.25) is 0 Å². The molecule has 1 N–H and O–H groups in total.